The zero-order valence-electron chi connectivity index (χ0n) is 17.1. The fraction of sp³-hybridized carbons (Fsp3) is 0.381. The number of sulfone groups is 1. The van der Waals surface area contributed by atoms with Crippen LogP contribution >= 0.6 is 0 Å². The molecule has 176 valence electrons. The number of alkyl halides is 3. The highest BCUT2D eigenvalue weighted by Gasteiger charge is 2.48. The first kappa shape index (κ1) is 24.6. The molecule has 3 rings (SSSR count). The topological polar surface area (TPSA) is 112 Å². The van der Waals surface area contributed by atoms with Gasteiger partial charge in [0.25, 0.3) is 0 Å². The number of hydrogen-bond acceptors (Lipinski definition) is 6. The number of rotatable bonds is 9. The first-order valence-corrected chi connectivity index (χ1v) is 11.7. The number of benzene rings is 1. The molecule has 1 unspecified atom stereocenters. The van der Waals surface area contributed by atoms with E-state index in [9.17, 15) is 36.0 Å². The van der Waals surface area contributed by atoms with E-state index in [4.69, 9.17) is 0 Å². The molecule has 1 fully saturated rings. The Balaban J connectivity index is 1.89. The normalized spacial score (nSPS) is 16.9. The fourth-order valence-electron chi connectivity index (χ4n) is 3.17. The maximum Gasteiger partial charge on any atom is 0.407 e. The van der Waals surface area contributed by atoms with Crippen molar-refractivity contribution in [1.29, 1.82) is 5.26 Å². The van der Waals surface area contributed by atoms with Crippen LogP contribution in [0.1, 0.15) is 30.1 Å². The Kier molecular flexibility index (Phi) is 7.04. The van der Waals surface area contributed by atoms with Gasteiger partial charge in [-0.05, 0) is 42.7 Å². The molecule has 1 heterocycles. The minimum atomic E-state index is -4.92. The van der Waals surface area contributed by atoms with Gasteiger partial charge >= 0.3 is 6.18 Å². The Hall–Kier alpha value is -3.04. The van der Waals surface area contributed by atoms with Gasteiger partial charge < -0.3 is 5.32 Å². The highest BCUT2D eigenvalue weighted by Crippen LogP contribution is 2.35. The summed E-state index contributed by atoms with van der Waals surface area (Å²) in [5.41, 5.74) is -1.45. The molecular weight excluding hydrogens is 464 g/mol. The van der Waals surface area contributed by atoms with Gasteiger partial charge in [0.15, 0.2) is 9.84 Å². The van der Waals surface area contributed by atoms with Gasteiger partial charge in [-0.3, -0.25) is 15.1 Å². The lowest BCUT2D eigenvalue weighted by Crippen LogP contribution is -2.54. The Labute approximate surface area is 187 Å². The molecule has 0 saturated heterocycles. The van der Waals surface area contributed by atoms with E-state index in [1.807, 2.05) is 6.07 Å². The van der Waals surface area contributed by atoms with Gasteiger partial charge in [-0.25, -0.2) is 12.8 Å². The summed E-state index contributed by atoms with van der Waals surface area (Å²) in [6.07, 6.45) is -2.94. The summed E-state index contributed by atoms with van der Waals surface area (Å²) in [5, 5.41) is 13.6. The predicted octanol–water partition coefficient (Wildman–Crippen LogP) is 2.57. The molecule has 1 aromatic heterocycles. The van der Waals surface area contributed by atoms with E-state index in [1.54, 1.807) is 12.1 Å². The summed E-state index contributed by atoms with van der Waals surface area (Å²) >= 11 is 0. The molecule has 12 heteroatoms. The molecule has 7 nitrogen and oxygen atoms in total. The van der Waals surface area contributed by atoms with Gasteiger partial charge in [0.2, 0.25) is 5.91 Å². The van der Waals surface area contributed by atoms with Crippen molar-refractivity contribution < 1.29 is 30.8 Å². The van der Waals surface area contributed by atoms with Crippen molar-refractivity contribution in [1.82, 2.24) is 15.6 Å². The van der Waals surface area contributed by atoms with Crippen molar-refractivity contribution in [3.05, 3.63) is 65.7 Å². The van der Waals surface area contributed by atoms with Gasteiger partial charge in [0, 0.05) is 6.20 Å². The highest BCUT2D eigenvalue weighted by atomic mass is 32.2. The lowest BCUT2D eigenvalue weighted by atomic mass is 10.0. The van der Waals surface area contributed by atoms with Crippen LogP contribution in [-0.2, 0) is 20.4 Å². The molecule has 0 spiro atoms. The van der Waals surface area contributed by atoms with Crippen LogP contribution < -0.4 is 10.6 Å². The average molecular weight is 484 g/mol. The molecule has 1 amide bonds. The minimum Gasteiger partial charge on any atom is -0.336 e. The van der Waals surface area contributed by atoms with Crippen LogP contribution in [0.3, 0.4) is 0 Å². The number of halogens is 4. The van der Waals surface area contributed by atoms with Gasteiger partial charge in [0.05, 0.1) is 23.3 Å². The zero-order valence-corrected chi connectivity index (χ0v) is 18.0. The molecule has 33 heavy (non-hydrogen) atoms. The molecule has 0 radical (unpaired) electrons. The van der Waals surface area contributed by atoms with Crippen molar-refractivity contribution >= 4 is 15.7 Å². The summed E-state index contributed by atoms with van der Waals surface area (Å²) in [7, 11) is -4.10. The standard InChI is InChI=1S/C21H20F4N4O3S/c22-15-6-4-14(5-7-15)18(21(23,24)25)28-17(19(30)29-20(13-26)8-9-20)12-33(31,32)11-16-3-1-2-10-27-16/h1-7,10,17-18,28H,8-9,11-12H2,(H,29,30)/t17-,18?/m0/s1. The van der Waals surface area contributed by atoms with Crippen molar-refractivity contribution in [3.8, 4) is 6.07 Å². The predicted molar refractivity (Wildman–Crippen MR) is 110 cm³/mol. The lowest BCUT2D eigenvalue weighted by molar-refractivity contribution is -0.160. The summed E-state index contributed by atoms with van der Waals surface area (Å²) < 4.78 is 80.1. The number of pyridine rings is 1. The number of nitriles is 1. The third-order valence-corrected chi connectivity index (χ3v) is 6.63. The second-order valence-corrected chi connectivity index (χ2v) is 9.91. The molecule has 2 aromatic rings. The van der Waals surface area contributed by atoms with Gasteiger partial charge in [0.1, 0.15) is 23.4 Å². The quantitative estimate of drug-likeness (QED) is 0.529. The van der Waals surface area contributed by atoms with Crippen molar-refractivity contribution in [2.24, 2.45) is 0 Å². The summed E-state index contributed by atoms with van der Waals surface area (Å²) in [6, 6.07) is 5.62. The molecule has 1 aliphatic rings. The summed E-state index contributed by atoms with van der Waals surface area (Å²) in [5.74, 6) is -3.35. The fourth-order valence-corrected chi connectivity index (χ4v) is 4.66. The van der Waals surface area contributed by atoms with Crippen LogP contribution in [0.4, 0.5) is 17.6 Å². The highest BCUT2D eigenvalue weighted by molar-refractivity contribution is 7.90. The van der Waals surface area contributed by atoms with Crippen LogP contribution in [0.2, 0.25) is 0 Å². The second kappa shape index (κ2) is 9.44. The van der Waals surface area contributed by atoms with Crippen LogP contribution in [0, 0.1) is 17.1 Å². The van der Waals surface area contributed by atoms with Crippen LogP contribution in [-0.4, -0.2) is 42.8 Å². The Morgan fingerprint density at radius 3 is 2.36 bits per heavy atom. The van der Waals surface area contributed by atoms with Gasteiger partial charge in [-0.15, -0.1) is 0 Å². The molecule has 1 aliphatic carbocycles. The maximum atomic E-state index is 13.8. The number of aromatic nitrogens is 1. The minimum absolute atomic E-state index is 0.165. The number of carbonyl (C=O) groups is 1. The molecule has 2 atom stereocenters. The molecule has 0 aliphatic heterocycles. The second-order valence-electron chi connectivity index (χ2n) is 7.80. The molecule has 0 bridgehead atoms. The van der Waals surface area contributed by atoms with Crippen molar-refractivity contribution in [3.63, 3.8) is 0 Å². The average Bonchev–Trinajstić information content (AvgIpc) is 3.51. The molecule has 1 saturated carbocycles. The monoisotopic (exact) mass is 484 g/mol. The Morgan fingerprint density at radius 2 is 1.85 bits per heavy atom. The molecule has 2 N–H and O–H groups in total. The van der Waals surface area contributed by atoms with Crippen molar-refractivity contribution in [2.75, 3.05) is 5.75 Å². The van der Waals surface area contributed by atoms with E-state index in [0.29, 0.717) is 12.8 Å². The largest absolute Gasteiger partial charge is 0.407 e. The number of hydrogen-bond donors (Lipinski definition) is 2. The maximum absolute atomic E-state index is 13.8. The third-order valence-electron chi connectivity index (χ3n) is 5.06. The van der Waals surface area contributed by atoms with E-state index >= 15 is 0 Å². The number of amides is 1. The van der Waals surface area contributed by atoms with Crippen LogP contribution in [0.15, 0.2) is 48.7 Å². The molecular formula is C21H20F4N4O3S. The van der Waals surface area contributed by atoms with Gasteiger partial charge in [-0.1, -0.05) is 18.2 Å². The first-order valence-electron chi connectivity index (χ1n) is 9.85. The number of carbonyl (C=O) groups excluding carboxylic acids is 1. The first-order chi connectivity index (χ1) is 15.4. The van der Waals surface area contributed by atoms with E-state index in [2.05, 4.69) is 15.6 Å². The van der Waals surface area contributed by atoms with Crippen molar-refractivity contribution in [2.45, 2.75) is 42.4 Å². The summed E-state index contributed by atoms with van der Waals surface area (Å²) in [6.45, 7) is 0. The Morgan fingerprint density at radius 1 is 1.18 bits per heavy atom. The van der Waals surface area contributed by atoms with Crippen LogP contribution in [0.25, 0.3) is 0 Å². The third kappa shape index (κ3) is 6.72. The number of nitrogens with one attached hydrogen (secondary N) is 2. The van der Waals surface area contributed by atoms with E-state index in [-0.39, 0.29) is 5.69 Å². The Bertz CT molecular complexity index is 1130. The molecule has 1 aromatic carbocycles. The van der Waals surface area contributed by atoms with Crippen LogP contribution in [0.5, 0.6) is 0 Å². The lowest BCUT2D eigenvalue weighted by Gasteiger charge is -2.28. The van der Waals surface area contributed by atoms with E-state index in [1.165, 1.54) is 12.3 Å². The summed E-state index contributed by atoms with van der Waals surface area (Å²) in [4.78, 5) is 16.7. The van der Waals surface area contributed by atoms with E-state index < -0.39 is 62.4 Å². The smallest absolute Gasteiger partial charge is 0.336 e. The number of nitrogens with zero attached hydrogens (tertiary/aromatic N) is 2. The SMILES string of the molecule is N#CC1(NC(=O)[C@H](CS(=O)(=O)Cc2ccccn2)NC(c2ccc(F)cc2)C(F)(F)F)CC1. The van der Waals surface area contributed by atoms with Gasteiger partial charge in [-0.2, -0.15) is 18.4 Å². The zero-order chi connectivity index (χ0) is 24.3. The van der Waals surface area contributed by atoms with E-state index in [0.717, 1.165) is 24.3 Å².